The van der Waals surface area contributed by atoms with Crippen molar-refractivity contribution in [2.45, 2.75) is 12.5 Å². The lowest BCUT2D eigenvalue weighted by atomic mass is 10.1. The van der Waals surface area contributed by atoms with Crippen LogP contribution in [0.1, 0.15) is 5.56 Å². The minimum absolute atomic E-state index is 0.0943. The molecule has 15 heavy (non-hydrogen) atoms. The lowest BCUT2D eigenvalue weighted by Crippen LogP contribution is -2.20. The highest BCUT2D eigenvalue weighted by molar-refractivity contribution is 5.68. The molecule has 4 nitrogen and oxygen atoms in total. The number of amides is 1. The maximum Gasteiger partial charge on any atom is 0.409 e. The van der Waals surface area contributed by atoms with Gasteiger partial charge >= 0.3 is 12.2 Å². The number of hydrogen-bond donors (Lipinski definition) is 1. The molecule has 6 heteroatoms. The largest absolute Gasteiger partial charge is 0.432 e. The number of fused-ring (bicyclic) bond motifs is 1. The van der Waals surface area contributed by atoms with E-state index >= 15 is 0 Å². The van der Waals surface area contributed by atoms with Gasteiger partial charge in [-0.25, -0.2) is 4.79 Å². The monoisotopic (exact) mass is 215 g/mol. The van der Waals surface area contributed by atoms with Crippen LogP contribution >= 0.6 is 0 Å². The van der Waals surface area contributed by atoms with E-state index < -0.39 is 18.6 Å². The third-order valence-corrected chi connectivity index (χ3v) is 1.91. The van der Waals surface area contributed by atoms with Crippen molar-refractivity contribution >= 4 is 6.09 Å². The number of ether oxygens (including phenoxy) is 2. The van der Waals surface area contributed by atoms with Crippen LogP contribution in [0.3, 0.4) is 0 Å². The van der Waals surface area contributed by atoms with Gasteiger partial charge in [0.05, 0.1) is 6.42 Å². The Balaban J connectivity index is 2.26. The number of carbonyl (C=O) groups is 1. The average molecular weight is 215 g/mol. The van der Waals surface area contributed by atoms with Crippen LogP contribution in [-0.2, 0) is 6.42 Å². The van der Waals surface area contributed by atoms with Crippen molar-refractivity contribution < 1.29 is 23.0 Å². The van der Waals surface area contributed by atoms with Crippen molar-refractivity contribution in [2.24, 2.45) is 5.73 Å². The van der Waals surface area contributed by atoms with Crippen LogP contribution in [0.15, 0.2) is 18.2 Å². The Morgan fingerprint density at radius 1 is 1.53 bits per heavy atom. The lowest BCUT2D eigenvalue weighted by Gasteiger charge is -2.06. The Morgan fingerprint density at radius 2 is 2.27 bits per heavy atom. The van der Waals surface area contributed by atoms with E-state index in [0.29, 0.717) is 5.56 Å². The molecule has 1 aromatic rings. The Hall–Kier alpha value is -1.85. The molecule has 0 saturated heterocycles. The summed E-state index contributed by atoms with van der Waals surface area (Å²) < 4.78 is 34.4. The summed E-state index contributed by atoms with van der Waals surface area (Å²) in [4.78, 5) is 10.4. The maximum absolute atomic E-state index is 12.8. The molecule has 1 amide bonds. The predicted octanol–water partition coefficient (Wildman–Crippen LogP) is 1.67. The molecule has 2 N–H and O–H groups in total. The number of hydrogen-bond acceptors (Lipinski definition) is 3. The normalized spacial score (nSPS) is 16.7. The van der Waals surface area contributed by atoms with Crippen LogP contribution in [0.2, 0.25) is 0 Å². The summed E-state index contributed by atoms with van der Waals surface area (Å²) in [6.07, 6.45) is -4.70. The highest BCUT2D eigenvalue weighted by Gasteiger charge is 2.39. The summed E-state index contributed by atoms with van der Waals surface area (Å²) in [6, 6.07) is 3.96. The fourth-order valence-electron chi connectivity index (χ4n) is 1.39. The molecule has 80 valence electrons. The summed E-state index contributed by atoms with van der Waals surface area (Å²) >= 11 is 0. The lowest BCUT2D eigenvalue weighted by molar-refractivity contribution is -0.159. The number of alkyl halides is 2. The molecule has 0 atom stereocenters. The molecular weight excluding hydrogens is 208 g/mol. The molecule has 0 aromatic heterocycles. The molecule has 1 aliphatic rings. The molecule has 0 bridgehead atoms. The van der Waals surface area contributed by atoms with Gasteiger partial charge in [-0.15, -0.1) is 0 Å². The van der Waals surface area contributed by atoms with E-state index in [-0.39, 0.29) is 11.5 Å². The van der Waals surface area contributed by atoms with E-state index in [1.807, 2.05) is 0 Å². The van der Waals surface area contributed by atoms with Gasteiger partial charge in [-0.1, -0.05) is 0 Å². The number of benzene rings is 1. The topological polar surface area (TPSA) is 61.6 Å². The van der Waals surface area contributed by atoms with Gasteiger partial charge in [0.25, 0.3) is 0 Å². The van der Waals surface area contributed by atoms with E-state index in [4.69, 9.17) is 5.73 Å². The molecule has 2 rings (SSSR count). The highest BCUT2D eigenvalue weighted by Crippen LogP contribution is 2.38. The summed E-state index contributed by atoms with van der Waals surface area (Å²) in [5.41, 5.74) is 5.07. The van der Waals surface area contributed by atoms with Crippen molar-refractivity contribution in [3.63, 3.8) is 0 Å². The van der Waals surface area contributed by atoms with Gasteiger partial charge in [-0.2, -0.15) is 8.78 Å². The Bertz CT molecular complexity index is 420. The third-order valence-electron chi connectivity index (χ3n) is 1.91. The first kappa shape index (κ1) is 9.70. The molecule has 0 aliphatic carbocycles. The zero-order chi connectivity index (χ0) is 11.1. The van der Waals surface area contributed by atoms with E-state index in [0.717, 1.165) is 0 Å². The molecule has 0 saturated carbocycles. The summed E-state index contributed by atoms with van der Waals surface area (Å²) in [5, 5.41) is 0. The second kappa shape index (κ2) is 3.08. The van der Waals surface area contributed by atoms with E-state index in [9.17, 15) is 13.6 Å². The molecule has 0 fully saturated rings. The Labute approximate surface area is 83.6 Å². The zero-order valence-corrected chi connectivity index (χ0v) is 7.50. The molecule has 0 radical (unpaired) electrons. The minimum Gasteiger partial charge on any atom is -0.432 e. The fourth-order valence-corrected chi connectivity index (χ4v) is 1.39. The van der Waals surface area contributed by atoms with Crippen LogP contribution in [-0.4, -0.2) is 12.2 Å². The predicted molar refractivity (Wildman–Crippen MR) is 45.9 cm³/mol. The number of primary amides is 1. The van der Waals surface area contributed by atoms with Gasteiger partial charge in [0.2, 0.25) is 0 Å². The van der Waals surface area contributed by atoms with Gasteiger partial charge in [0.15, 0.2) is 0 Å². The van der Waals surface area contributed by atoms with Gasteiger partial charge in [-0.3, -0.25) is 0 Å². The SMILES string of the molecule is NC(=O)Oc1ccc2c(c1)CC(F)(F)O2. The summed E-state index contributed by atoms with van der Waals surface area (Å²) in [6.45, 7) is 0. The van der Waals surface area contributed by atoms with Gasteiger partial charge in [0, 0.05) is 5.56 Å². The Morgan fingerprint density at radius 3 is 2.93 bits per heavy atom. The smallest absolute Gasteiger partial charge is 0.409 e. The molecular formula is C9H7F2NO3. The van der Waals surface area contributed by atoms with E-state index in [1.165, 1.54) is 18.2 Å². The minimum atomic E-state index is -3.19. The van der Waals surface area contributed by atoms with Crippen LogP contribution in [0, 0.1) is 0 Å². The number of nitrogens with two attached hydrogens (primary N) is 1. The van der Waals surface area contributed by atoms with Crippen LogP contribution in [0.25, 0.3) is 0 Å². The number of carbonyl (C=O) groups excluding carboxylic acids is 1. The van der Waals surface area contributed by atoms with Crippen molar-refractivity contribution in [1.29, 1.82) is 0 Å². The van der Waals surface area contributed by atoms with Gasteiger partial charge in [0.1, 0.15) is 11.5 Å². The quantitative estimate of drug-likeness (QED) is 0.775. The first-order valence-corrected chi connectivity index (χ1v) is 4.13. The second-order valence-corrected chi connectivity index (χ2v) is 3.11. The molecule has 1 aromatic carbocycles. The van der Waals surface area contributed by atoms with E-state index in [1.54, 1.807) is 0 Å². The summed E-state index contributed by atoms with van der Waals surface area (Å²) in [5.74, 6) is 0.222. The standard InChI is InChI=1S/C9H7F2NO3/c10-9(11)4-5-3-6(14-8(12)13)1-2-7(5)15-9/h1-3H,4H2,(H2,12,13). The van der Waals surface area contributed by atoms with Gasteiger partial charge < -0.3 is 15.2 Å². The number of halogens is 2. The van der Waals surface area contributed by atoms with Crippen molar-refractivity contribution in [3.8, 4) is 11.5 Å². The van der Waals surface area contributed by atoms with Crippen molar-refractivity contribution in [2.75, 3.05) is 0 Å². The average Bonchev–Trinajstić information content (AvgIpc) is 2.36. The van der Waals surface area contributed by atoms with Gasteiger partial charge in [-0.05, 0) is 18.2 Å². The molecule has 1 aliphatic heterocycles. The van der Waals surface area contributed by atoms with Crippen LogP contribution in [0.4, 0.5) is 13.6 Å². The van der Waals surface area contributed by atoms with E-state index in [2.05, 4.69) is 9.47 Å². The Kier molecular flexibility index (Phi) is 1.99. The third kappa shape index (κ3) is 1.98. The van der Waals surface area contributed by atoms with Crippen LogP contribution < -0.4 is 15.2 Å². The fraction of sp³-hybridized carbons (Fsp3) is 0.222. The van der Waals surface area contributed by atoms with Crippen molar-refractivity contribution in [3.05, 3.63) is 23.8 Å². The molecule has 1 heterocycles. The first-order chi connectivity index (χ1) is 6.96. The summed E-state index contributed by atoms with van der Waals surface area (Å²) in [7, 11) is 0. The van der Waals surface area contributed by atoms with Crippen molar-refractivity contribution in [1.82, 2.24) is 0 Å². The zero-order valence-electron chi connectivity index (χ0n) is 7.50. The van der Waals surface area contributed by atoms with Crippen LogP contribution in [0.5, 0.6) is 11.5 Å². The number of rotatable bonds is 1. The molecule has 0 unspecified atom stereocenters. The second-order valence-electron chi connectivity index (χ2n) is 3.11. The molecule has 0 spiro atoms. The highest BCUT2D eigenvalue weighted by atomic mass is 19.3. The first-order valence-electron chi connectivity index (χ1n) is 4.13. The maximum atomic E-state index is 12.8.